The molecule has 2 aromatic heterocycles. The lowest BCUT2D eigenvalue weighted by Crippen LogP contribution is -2.61. The van der Waals surface area contributed by atoms with Crippen LogP contribution in [0.3, 0.4) is 0 Å². The Bertz CT molecular complexity index is 3800. The molecule has 340 valence electrons. The number of benzene rings is 8. The predicted molar refractivity (Wildman–Crippen MR) is 305 cm³/mol. The van der Waals surface area contributed by atoms with Gasteiger partial charge in [0.25, 0.3) is 0 Å². The molecule has 0 radical (unpaired) electrons. The van der Waals surface area contributed by atoms with Gasteiger partial charge in [0.2, 0.25) is 13.4 Å². The van der Waals surface area contributed by atoms with Gasteiger partial charge in [-0.2, -0.15) is 0 Å². The maximum absolute atomic E-state index is 2.69. The molecule has 0 spiro atoms. The summed E-state index contributed by atoms with van der Waals surface area (Å²) in [6.07, 6.45) is 9.35. The summed E-state index contributed by atoms with van der Waals surface area (Å²) in [6, 6.07) is 59.3. The van der Waals surface area contributed by atoms with Crippen LogP contribution < -0.4 is 32.8 Å². The van der Waals surface area contributed by atoms with Crippen molar-refractivity contribution < 1.29 is 0 Å². The van der Waals surface area contributed by atoms with Crippen LogP contribution in [0.1, 0.15) is 120 Å². The highest BCUT2D eigenvalue weighted by molar-refractivity contribution is 7.00. The monoisotopic (exact) mass is 902 g/mol. The van der Waals surface area contributed by atoms with Crippen LogP contribution in [0.15, 0.2) is 170 Å². The summed E-state index contributed by atoms with van der Waals surface area (Å²) >= 11 is 0. The Morgan fingerprint density at radius 3 is 1.51 bits per heavy atom. The van der Waals surface area contributed by atoms with E-state index in [2.05, 4.69) is 234 Å². The molecule has 4 heterocycles. The van der Waals surface area contributed by atoms with Crippen molar-refractivity contribution in [3.63, 3.8) is 0 Å². The van der Waals surface area contributed by atoms with Crippen LogP contribution in [0.2, 0.25) is 0 Å². The quantitative estimate of drug-likeness (QED) is 0.135. The molecule has 0 saturated heterocycles. The Hall–Kier alpha value is -7.03. The zero-order valence-electron chi connectivity index (χ0n) is 41.9. The summed E-state index contributed by atoms with van der Waals surface area (Å²) in [7, 11) is 0. The molecule has 0 fully saturated rings. The molecule has 2 aliphatic heterocycles. The second-order valence-corrected chi connectivity index (χ2v) is 21.8. The van der Waals surface area contributed by atoms with Crippen LogP contribution in [0.25, 0.3) is 71.7 Å². The molecule has 4 heteroatoms. The summed E-state index contributed by atoms with van der Waals surface area (Å²) in [5.74, 6) is 1.39. The number of nitrogens with zero attached hydrogens (tertiary/aromatic N) is 2. The van der Waals surface area contributed by atoms with Crippen LogP contribution in [-0.2, 0) is 0 Å². The lowest BCUT2D eigenvalue weighted by molar-refractivity contribution is 0.845. The molecular weight excluding hydrogens is 842 g/mol. The van der Waals surface area contributed by atoms with Gasteiger partial charge in [-0.25, -0.2) is 0 Å². The fourth-order valence-electron chi connectivity index (χ4n) is 13.3. The van der Waals surface area contributed by atoms with Gasteiger partial charge >= 0.3 is 0 Å². The second kappa shape index (κ2) is 16.3. The average Bonchev–Trinajstić information content (AvgIpc) is 3.90. The number of para-hydroxylation sites is 2. The summed E-state index contributed by atoms with van der Waals surface area (Å²) in [6.45, 7) is 19.1. The molecule has 3 aliphatic rings. The molecule has 0 bridgehead atoms. The van der Waals surface area contributed by atoms with Crippen LogP contribution >= 0.6 is 0 Å². The second-order valence-electron chi connectivity index (χ2n) is 21.8. The fourth-order valence-corrected chi connectivity index (χ4v) is 13.3. The molecule has 0 saturated carbocycles. The third-order valence-electron chi connectivity index (χ3n) is 16.4. The molecular formula is C66H60B2N2. The minimum absolute atomic E-state index is 0.00414. The van der Waals surface area contributed by atoms with E-state index in [-0.39, 0.29) is 13.4 Å². The number of fused-ring (bicyclic) bond motifs is 10. The highest BCUT2D eigenvalue weighted by Gasteiger charge is 2.42. The summed E-state index contributed by atoms with van der Waals surface area (Å²) in [4.78, 5) is 0. The molecule has 13 rings (SSSR count). The van der Waals surface area contributed by atoms with Gasteiger partial charge in [0, 0.05) is 44.0 Å². The van der Waals surface area contributed by atoms with Gasteiger partial charge in [0.1, 0.15) is 0 Å². The molecule has 1 aliphatic carbocycles. The number of hydrogen-bond acceptors (Lipinski definition) is 0. The van der Waals surface area contributed by atoms with Gasteiger partial charge in [0.05, 0.1) is 11.0 Å². The van der Waals surface area contributed by atoms with Gasteiger partial charge in [0.15, 0.2) is 0 Å². The first kappa shape index (κ1) is 43.0. The SMILES string of the molecule is CC(C)c1cccc(C(C)C)c1B1c2cc3c(cc2-n2c4ccc(-c5ccccc5)cc4c4cccc1c42)B(c1c(C(C)C)cccc1C(C)C)c1cc(C2=CCCC=C2)cc2c4ccccc4n-3c12. The van der Waals surface area contributed by atoms with E-state index in [0.29, 0.717) is 23.7 Å². The van der Waals surface area contributed by atoms with Crippen molar-refractivity contribution in [3.8, 4) is 22.5 Å². The van der Waals surface area contributed by atoms with E-state index in [1.807, 2.05) is 0 Å². The molecule has 0 atom stereocenters. The van der Waals surface area contributed by atoms with Crippen molar-refractivity contribution in [3.05, 3.63) is 198 Å². The Labute approximate surface area is 414 Å². The lowest BCUT2D eigenvalue weighted by Gasteiger charge is -2.36. The Morgan fingerprint density at radius 1 is 0.386 bits per heavy atom. The van der Waals surface area contributed by atoms with E-state index >= 15 is 0 Å². The fraction of sp³-hybridized carbons (Fsp3) is 0.212. The predicted octanol–water partition coefficient (Wildman–Crippen LogP) is 13.4. The van der Waals surface area contributed by atoms with Gasteiger partial charge in [-0.15, -0.1) is 0 Å². The molecule has 2 nitrogen and oxygen atoms in total. The van der Waals surface area contributed by atoms with Gasteiger partial charge in [-0.3, -0.25) is 0 Å². The van der Waals surface area contributed by atoms with E-state index in [1.54, 1.807) is 0 Å². The van der Waals surface area contributed by atoms with Gasteiger partial charge in [-0.05, 0) is 139 Å². The summed E-state index contributed by atoms with van der Waals surface area (Å²) in [5.41, 5.74) is 27.2. The van der Waals surface area contributed by atoms with Crippen molar-refractivity contribution in [1.29, 1.82) is 0 Å². The van der Waals surface area contributed by atoms with E-state index in [4.69, 9.17) is 0 Å². The number of aromatic nitrogens is 2. The van der Waals surface area contributed by atoms with Crippen LogP contribution in [0, 0.1) is 0 Å². The number of allylic oxidation sites excluding steroid dienone is 4. The van der Waals surface area contributed by atoms with E-state index in [9.17, 15) is 0 Å². The standard InChI is InChI=1S/C66H60B2N2/c1-39(2)47-25-17-26-48(40(3)4)63(47)67-55-30-19-29-52-53-34-45(43-20-11-9-12-21-43)32-33-60(53)70(65(52)55)61-38-57-62(37-56(61)67)69-59-31-16-15-24-51(59)54-35-46(44-22-13-10-14-23-44)36-58(66(54)69)68(57)64-49(41(5)6)27-18-28-50(64)42(7)8/h9,11-13,15-42H,10,14H2,1-8H3. The van der Waals surface area contributed by atoms with Gasteiger partial charge < -0.3 is 9.13 Å². The summed E-state index contributed by atoms with van der Waals surface area (Å²) in [5, 5.41) is 5.27. The molecule has 8 aromatic carbocycles. The summed E-state index contributed by atoms with van der Waals surface area (Å²) < 4.78 is 5.36. The van der Waals surface area contributed by atoms with Gasteiger partial charge in [-0.1, -0.05) is 200 Å². The maximum Gasteiger partial charge on any atom is 0.247 e. The van der Waals surface area contributed by atoms with Crippen molar-refractivity contribution in [2.75, 3.05) is 0 Å². The third-order valence-corrected chi connectivity index (χ3v) is 16.4. The van der Waals surface area contributed by atoms with Crippen molar-refractivity contribution >= 4 is 95.4 Å². The first-order chi connectivity index (χ1) is 34.1. The topological polar surface area (TPSA) is 9.86 Å². The Morgan fingerprint density at radius 2 is 0.914 bits per heavy atom. The first-order valence-electron chi connectivity index (χ1n) is 26.1. The zero-order valence-corrected chi connectivity index (χ0v) is 41.9. The maximum atomic E-state index is 2.69. The van der Waals surface area contributed by atoms with E-state index in [1.165, 1.54) is 132 Å². The Balaban J connectivity index is 1.23. The molecule has 0 unspecified atom stereocenters. The van der Waals surface area contributed by atoms with E-state index in [0.717, 1.165) is 12.8 Å². The van der Waals surface area contributed by atoms with Crippen LogP contribution in [-0.4, -0.2) is 22.6 Å². The van der Waals surface area contributed by atoms with Crippen molar-refractivity contribution in [1.82, 2.24) is 9.13 Å². The third kappa shape index (κ3) is 6.27. The zero-order chi connectivity index (χ0) is 47.7. The molecule has 0 amide bonds. The lowest BCUT2D eigenvalue weighted by atomic mass is 9.31. The van der Waals surface area contributed by atoms with Crippen LogP contribution in [0.4, 0.5) is 0 Å². The molecule has 10 aromatic rings. The number of rotatable bonds is 8. The normalized spacial score (nSPS) is 14.1. The smallest absolute Gasteiger partial charge is 0.247 e. The highest BCUT2D eigenvalue weighted by Crippen LogP contribution is 2.40. The average molecular weight is 903 g/mol. The minimum Gasteiger partial charge on any atom is -0.310 e. The number of hydrogen-bond donors (Lipinski definition) is 0. The largest absolute Gasteiger partial charge is 0.310 e. The Kier molecular flexibility index (Phi) is 10.0. The van der Waals surface area contributed by atoms with Crippen molar-refractivity contribution in [2.45, 2.75) is 91.9 Å². The highest BCUT2D eigenvalue weighted by atomic mass is 15.0. The molecule has 0 N–H and O–H groups in total. The van der Waals surface area contributed by atoms with Crippen LogP contribution in [0.5, 0.6) is 0 Å². The van der Waals surface area contributed by atoms with Crippen molar-refractivity contribution in [2.24, 2.45) is 0 Å². The first-order valence-corrected chi connectivity index (χ1v) is 26.1. The molecule has 70 heavy (non-hydrogen) atoms. The van der Waals surface area contributed by atoms with E-state index < -0.39 is 0 Å². The minimum atomic E-state index is -0.00414.